The summed E-state index contributed by atoms with van der Waals surface area (Å²) >= 11 is 3.53. The number of nitrogens with zero attached hydrogens (tertiary/aromatic N) is 3. The third-order valence-electron chi connectivity index (χ3n) is 5.40. The summed E-state index contributed by atoms with van der Waals surface area (Å²) < 4.78 is 6.65. The van der Waals surface area contributed by atoms with Crippen molar-refractivity contribution >= 4 is 44.4 Å². The van der Waals surface area contributed by atoms with Gasteiger partial charge >= 0.3 is 0 Å². The number of amides is 1. The molecule has 0 radical (unpaired) electrons. The Morgan fingerprint density at radius 2 is 1.87 bits per heavy atom. The second-order valence-electron chi connectivity index (χ2n) is 7.38. The Balaban J connectivity index is 1.38. The summed E-state index contributed by atoms with van der Waals surface area (Å²) in [5, 5.41) is 1.01. The predicted octanol–water partition coefficient (Wildman–Crippen LogP) is 4.62. The maximum absolute atomic E-state index is 12.8. The van der Waals surface area contributed by atoms with Gasteiger partial charge in [0.05, 0.1) is 18.2 Å². The number of aromatic nitrogens is 1. The van der Waals surface area contributed by atoms with Crippen molar-refractivity contribution in [2.45, 2.75) is 25.2 Å². The Morgan fingerprint density at radius 3 is 2.53 bits per heavy atom. The molecule has 0 aliphatic carbocycles. The van der Waals surface area contributed by atoms with Gasteiger partial charge in [-0.3, -0.25) is 4.79 Å². The number of thioether (sulfide) groups is 1. The van der Waals surface area contributed by atoms with Gasteiger partial charge in [0.25, 0.3) is 0 Å². The summed E-state index contributed by atoms with van der Waals surface area (Å²) in [6, 6.07) is 12.4. The molecule has 1 aromatic heterocycles. The van der Waals surface area contributed by atoms with Crippen molar-refractivity contribution in [2.24, 2.45) is 0 Å². The lowest BCUT2D eigenvalue weighted by Gasteiger charge is -2.34. The van der Waals surface area contributed by atoms with Gasteiger partial charge in [-0.1, -0.05) is 36.5 Å². The standard InChI is InChI=1S/C23H27N3O2S2/c1-4-29-18-8-6-17(7-9-18)15-20(27)25-11-13-26(14-12-25)23-24-21-19(28-3)10-5-16(2)22(21)30-23/h5-10H,4,11-15H2,1-3H3. The molecule has 0 spiro atoms. The van der Waals surface area contributed by atoms with Crippen LogP contribution in [0.25, 0.3) is 10.2 Å². The van der Waals surface area contributed by atoms with Gasteiger partial charge in [0.1, 0.15) is 11.3 Å². The molecular formula is C23H27N3O2S2. The molecule has 0 unspecified atom stereocenters. The average Bonchev–Trinajstić information content (AvgIpc) is 3.22. The smallest absolute Gasteiger partial charge is 0.227 e. The van der Waals surface area contributed by atoms with Gasteiger partial charge in [0.15, 0.2) is 5.13 Å². The van der Waals surface area contributed by atoms with E-state index in [0.29, 0.717) is 6.42 Å². The van der Waals surface area contributed by atoms with Crippen LogP contribution in [-0.4, -0.2) is 54.8 Å². The first-order valence-electron chi connectivity index (χ1n) is 10.3. The van der Waals surface area contributed by atoms with Crippen LogP contribution in [0.4, 0.5) is 5.13 Å². The molecule has 5 nitrogen and oxygen atoms in total. The predicted molar refractivity (Wildman–Crippen MR) is 126 cm³/mol. The zero-order valence-corrected chi connectivity index (χ0v) is 19.3. The Kier molecular flexibility index (Phi) is 6.49. The summed E-state index contributed by atoms with van der Waals surface area (Å²) in [5.74, 6) is 2.08. The summed E-state index contributed by atoms with van der Waals surface area (Å²) in [6.07, 6.45) is 0.467. The van der Waals surface area contributed by atoms with Gasteiger partial charge in [-0.15, -0.1) is 11.8 Å². The van der Waals surface area contributed by atoms with E-state index >= 15 is 0 Å². The van der Waals surface area contributed by atoms with Gasteiger partial charge in [-0.25, -0.2) is 4.98 Å². The SMILES string of the molecule is CCSc1ccc(CC(=O)N2CCN(c3nc4c(OC)ccc(C)c4s3)CC2)cc1. The van der Waals surface area contributed by atoms with Gasteiger partial charge in [0.2, 0.25) is 5.91 Å². The number of fused-ring (bicyclic) bond motifs is 1. The first-order valence-corrected chi connectivity index (χ1v) is 12.1. The maximum atomic E-state index is 12.8. The first-order chi connectivity index (χ1) is 14.6. The van der Waals surface area contributed by atoms with Crippen LogP contribution in [-0.2, 0) is 11.2 Å². The minimum Gasteiger partial charge on any atom is -0.494 e. The molecule has 1 aliphatic heterocycles. The highest BCUT2D eigenvalue weighted by atomic mass is 32.2. The molecule has 1 aliphatic rings. The van der Waals surface area contributed by atoms with Crippen LogP contribution in [0.5, 0.6) is 5.75 Å². The summed E-state index contributed by atoms with van der Waals surface area (Å²) in [6.45, 7) is 7.32. The number of aryl methyl sites for hydroxylation is 1. The van der Waals surface area contributed by atoms with E-state index in [1.165, 1.54) is 15.2 Å². The molecule has 0 N–H and O–H groups in total. The van der Waals surface area contributed by atoms with Gasteiger partial charge in [0, 0.05) is 31.1 Å². The normalized spacial score (nSPS) is 14.4. The zero-order chi connectivity index (χ0) is 21.1. The molecule has 0 bridgehead atoms. The van der Waals surface area contributed by atoms with Crippen LogP contribution in [0.3, 0.4) is 0 Å². The molecule has 0 atom stereocenters. The lowest BCUT2D eigenvalue weighted by Crippen LogP contribution is -2.49. The topological polar surface area (TPSA) is 45.7 Å². The third-order valence-corrected chi connectivity index (χ3v) is 7.55. The number of thiazole rings is 1. The Labute approximate surface area is 186 Å². The molecule has 1 saturated heterocycles. The van der Waals surface area contributed by atoms with E-state index in [2.05, 4.69) is 49.1 Å². The first kappa shape index (κ1) is 21.0. The van der Waals surface area contributed by atoms with Gasteiger partial charge < -0.3 is 14.5 Å². The molecule has 0 saturated carbocycles. The number of carbonyl (C=O) groups excluding carboxylic acids is 1. The van der Waals surface area contributed by atoms with E-state index in [4.69, 9.17) is 9.72 Å². The van der Waals surface area contributed by atoms with Crippen LogP contribution in [0, 0.1) is 6.92 Å². The number of piperazine rings is 1. The zero-order valence-electron chi connectivity index (χ0n) is 17.7. The number of carbonyl (C=O) groups is 1. The van der Waals surface area contributed by atoms with Crippen molar-refractivity contribution in [1.29, 1.82) is 0 Å². The monoisotopic (exact) mass is 441 g/mol. The summed E-state index contributed by atoms with van der Waals surface area (Å²) in [4.78, 5) is 23.1. The molecule has 1 amide bonds. The fraction of sp³-hybridized carbons (Fsp3) is 0.391. The van der Waals surface area contributed by atoms with E-state index in [9.17, 15) is 4.79 Å². The maximum Gasteiger partial charge on any atom is 0.227 e. The van der Waals surface area contributed by atoms with Crippen molar-refractivity contribution in [3.05, 3.63) is 47.5 Å². The number of methoxy groups -OCH3 is 1. The van der Waals surface area contributed by atoms with Crippen molar-refractivity contribution in [2.75, 3.05) is 43.9 Å². The van der Waals surface area contributed by atoms with E-state index in [-0.39, 0.29) is 5.91 Å². The molecule has 2 heterocycles. The number of ether oxygens (including phenoxy) is 1. The molecule has 30 heavy (non-hydrogen) atoms. The van der Waals surface area contributed by atoms with Crippen LogP contribution in [0.1, 0.15) is 18.1 Å². The van der Waals surface area contributed by atoms with E-state index in [0.717, 1.165) is 53.9 Å². The molecular weight excluding hydrogens is 414 g/mol. The highest BCUT2D eigenvalue weighted by Gasteiger charge is 2.24. The van der Waals surface area contributed by atoms with Crippen molar-refractivity contribution in [1.82, 2.24) is 9.88 Å². The van der Waals surface area contributed by atoms with E-state index < -0.39 is 0 Å². The van der Waals surface area contributed by atoms with Crippen molar-refractivity contribution in [3.8, 4) is 5.75 Å². The molecule has 158 valence electrons. The lowest BCUT2D eigenvalue weighted by molar-refractivity contribution is -0.130. The van der Waals surface area contributed by atoms with Crippen LogP contribution < -0.4 is 9.64 Å². The van der Waals surface area contributed by atoms with Crippen molar-refractivity contribution < 1.29 is 9.53 Å². The minimum absolute atomic E-state index is 0.201. The number of anilines is 1. The lowest BCUT2D eigenvalue weighted by atomic mass is 10.1. The molecule has 4 rings (SSSR count). The summed E-state index contributed by atoms with van der Waals surface area (Å²) in [5.41, 5.74) is 3.23. The quantitative estimate of drug-likeness (QED) is 0.523. The van der Waals surface area contributed by atoms with E-state index in [1.807, 2.05) is 22.7 Å². The number of rotatable bonds is 6. The second-order valence-corrected chi connectivity index (χ2v) is 9.70. The Hall–Kier alpha value is -2.25. The molecule has 7 heteroatoms. The Bertz CT molecular complexity index is 1020. The fourth-order valence-electron chi connectivity index (χ4n) is 3.70. The molecule has 3 aromatic rings. The number of hydrogen-bond acceptors (Lipinski definition) is 6. The van der Waals surface area contributed by atoms with Gasteiger partial charge in [-0.2, -0.15) is 0 Å². The van der Waals surface area contributed by atoms with E-state index in [1.54, 1.807) is 18.4 Å². The van der Waals surface area contributed by atoms with Crippen molar-refractivity contribution in [3.63, 3.8) is 0 Å². The minimum atomic E-state index is 0.201. The fourth-order valence-corrected chi connectivity index (χ4v) is 5.47. The second kappa shape index (κ2) is 9.27. The largest absolute Gasteiger partial charge is 0.494 e. The number of hydrogen-bond donors (Lipinski definition) is 0. The van der Waals surface area contributed by atoms with Crippen LogP contribution >= 0.6 is 23.1 Å². The van der Waals surface area contributed by atoms with Crippen LogP contribution in [0.2, 0.25) is 0 Å². The average molecular weight is 442 g/mol. The third kappa shape index (κ3) is 4.42. The highest BCUT2D eigenvalue weighted by molar-refractivity contribution is 7.99. The number of benzene rings is 2. The molecule has 2 aromatic carbocycles. The molecule has 1 fully saturated rings. The Morgan fingerprint density at radius 1 is 1.13 bits per heavy atom. The highest BCUT2D eigenvalue weighted by Crippen LogP contribution is 2.36. The summed E-state index contributed by atoms with van der Waals surface area (Å²) in [7, 11) is 1.68. The van der Waals surface area contributed by atoms with Gasteiger partial charge in [-0.05, 0) is 42.0 Å². The van der Waals surface area contributed by atoms with Crippen LogP contribution in [0.15, 0.2) is 41.3 Å².